The number of ether oxygens (including phenoxy) is 1. The Morgan fingerprint density at radius 3 is 2.50 bits per heavy atom. The minimum atomic E-state index is -0.743. The Kier molecular flexibility index (Phi) is 3.64. The molecular weight excluding hydrogens is 248 g/mol. The zero-order chi connectivity index (χ0) is 14.2. The second kappa shape index (κ2) is 5.16. The number of aliphatic hydroxyl groups is 1. The fourth-order valence-corrected chi connectivity index (χ4v) is 4.00. The predicted molar refractivity (Wildman–Crippen MR) is 80.6 cm³/mol. The molecule has 1 aliphatic heterocycles. The van der Waals surface area contributed by atoms with Gasteiger partial charge in [-0.15, -0.1) is 0 Å². The van der Waals surface area contributed by atoms with Gasteiger partial charge in [0.15, 0.2) is 0 Å². The monoisotopic (exact) mass is 274 g/mol. The van der Waals surface area contributed by atoms with Crippen LogP contribution in [0.15, 0.2) is 24.3 Å². The van der Waals surface area contributed by atoms with E-state index in [0.717, 1.165) is 25.0 Å². The summed E-state index contributed by atoms with van der Waals surface area (Å²) in [6.45, 7) is 4.86. The average molecular weight is 274 g/mol. The Morgan fingerprint density at radius 2 is 1.85 bits per heavy atom. The number of benzene rings is 1. The van der Waals surface area contributed by atoms with Crippen LogP contribution in [0.25, 0.3) is 0 Å². The third-order valence-electron chi connectivity index (χ3n) is 5.44. The lowest BCUT2D eigenvalue weighted by molar-refractivity contribution is -0.138. The van der Waals surface area contributed by atoms with Crippen LogP contribution < -0.4 is 0 Å². The summed E-state index contributed by atoms with van der Waals surface area (Å²) in [7, 11) is 0. The highest BCUT2D eigenvalue weighted by atomic mass is 16.5. The van der Waals surface area contributed by atoms with Crippen LogP contribution >= 0.6 is 0 Å². The molecule has 20 heavy (non-hydrogen) atoms. The highest BCUT2D eigenvalue weighted by molar-refractivity contribution is 5.27. The van der Waals surface area contributed by atoms with Crippen LogP contribution in [0.5, 0.6) is 0 Å². The highest BCUT2D eigenvalue weighted by Gasteiger charge is 2.45. The van der Waals surface area contributed by atoms with Crippen molar-refractivity contribution in [1.82, 2.24) is 0 Å². The Hall–Kier alpha value is -0.860. The van der Waals surface area contributed by atoms with Crippen molar-refractivity contribution >= 4 is 0 Å². The summed E-state index contributed by atoms with van der Waals surface area (Å²) < 4.78 is 6.10. The van der Waals surface area contributed by atoms with Gasteiger partial charge in [-0.05, 0) is 51.0 Å². The minimum Gasteiger partial charge on any atom is -0.385 e. The third kappa shape index (κ3) is 2.51. The van der Waals surface area contributed by atoms with E-state index in [1.165, 1.54) is 31.2 Å². The molecule has 1 aliphatic carbocycles. The molecule has 1 saturated carbocycles. The molecule has 2 unspecified atom stereocenters. The largest absolute Gasteiger partial charge is 0.385 e. The van der Waals surface area contributed by atoms with Crippen LogP contribution in [0, 0.1) is 12.8 Å². The van der Waals surface area contributed by atoms with Crippen LogP contribution in [0.3, 0.4) is 0 Å². The summed E-state index contributed by atoms with van der Waals surface area (Å²) in [6, 6.07) is 8.33. The van der Waals surface area contributed by atoms with Gasteiger partial charge in [0.05, 0.1) is 11.2 Å². The number of rotatable bonds is 2. The molecule has 2 nitrogen and oxygen atoms in total. The molecule has 0 radical (unpaired) electrons. The smallest absolute Gasteiger partial charge is 0.0898 e. The first-order valence-electron chi connectivity index (χ1n) is 7.95. The van der Waals surface area contributed by atoms with Gasteiger partial charge in [-0.3, -0.25) is 0 Å². The van der Waals surface area contributed by atoms with Crippen molar-refractivity contribution in [2.24, 2.45) is 5.92 Å². The molecule has 2 atom stereocenters. The molecule has 1 saturated heterocycles. The molecule has 2 heteroatoms. The molecule has 1 aromatic rings. The summed E-state index contributed by atoms with van der Waals surface area (Å²) in [5.74, 6) is 0.303. The second-order valence-corrected chi connectivity index (χ2v) is 6.94. The predicted octanol–water partition coefficient (Wildman–Crippen LogP) is 3.94. The fraction of sp³-hybridized carbons (Fsp3) is 0.667. The topological polar surface area (TPSA) is 29.5 Å². The van der Waals surface area contributed by atoms with E-state index in [-0.39, 0.29) is 5.60 Å². The summed E-state index contributed by atoms with van der Waals surface area (Å²) in [4.78, 5) is 0. The van der Waals surface area contributed by atoms with Gasteiger partial charge in [0.2, 0.25) is 0 Å². The van der Waals surface area contributed by atoms with E-state index in [9.17, 15) is 5.11 Å². The maximum absolute atomic E-state index is 11.1. The molecule has 0 amide bonds. The zero-order valence-corrected chi connectivity index (χ0v) is 12.7. The Morgan fingerprint density at radius 1 is 1.20 bits per heavy atom. The van der Waals surface area contributed by atoms with E-state index in [1.54, 1.807) is 0 Å². The normalized spacial score (nSPS) is 28.4. The molecule has 2 aliphatic rings. The van der Waals surface area contributed by atoms with Crippen molar-refractivity contribution in [2.45, 2.75) is 63.6 Å². The maximum atomic E-state index is 11.1. The van der Waals surface area contributed by atoms with E-state index < -0.39 is 5.60 Å². The second-order valence-electron chi connectivity index (χ2n) is 6.94. The Labute approximate surface area is 122 Å². The average Bonchev–Trinajstić information content (AvgIpc) is 2.87. The van der Waals surface area contributed by atoms with Crippen LogP contribution in [0.2, 0.25) is 0 Å². The lowest BCUT2D eigenvalue weighted by Gasteiger charge is -2.44. The van der Waals surface area contributed by atoms with Crippen molar-refractivity contribution in [3.05, 3.63) is 35.4 Å². The molecule has 1 heterocycles. The molecule has 1 spiro atoms. The Bertz CT molecular complexity index is 455. The number of hydrogen-bond donors (Lipinski definition) is 1. The van der Waals surface area contributed by atoms with E-state index in [2.05, 4.69) is 31.2 Å². The lowest BCUT2D eigenvalue weighted by Crippen LogP contribution is -2.44. The first kappa shape index (κ1) is 14.1. The van der Waals surface area contributed by atoms with E-state index in [1.807, 2.05) is 6.92 Å². The SMILES string of the molecule is Cc1ccc(C(C)(O)C2CCOC3(CCCC3)C2)cc1. The van der Waals surface area contributed by atoms with Crippen molar-refractivity contribution in [1.29, 1.82) is 0 Å². The standard InChI is InChI=1S/C18H26O2/c1-14-5-7-15(8-6-14)17(2,19)16-9-12-20-18(13-16)10-3-4-11-18/h5-8,16,19H,3-4,9-13H2,1-2H3. The van der Waals surface area contributed by atoms with Gasteiger partial charge in [0, 0.05) is 6.61 Å². The van der Waals surface area contributed by atoms with Crippen molar-refractivity contribution < 1.29 is 9.84 Å². The van der Waals surface area contributed by atoms with Crippen LogP contribution in [0.1, 0.15) is 56.6 Å². The summed E-state index contributed by atoms with van der Waals surface area (Å²) in [5.41, 5.74) is 1.61. The molecule has 110 valence electrons. The first-order chi connectivity index (χ1) is 9.52. The molecule has 3 rings (SSSR count). The van der Waals surface area contributed by atoms with E-state index in [4.69, 9.17) is 4.74 Å². The molecule has 0 bridgehead atoms. The molecule has 0 aromatic heterocycles. The third-order valence-corrected chi connectivity index (χ3v) is 5.44. The highest BCUT2D eigenvalue weighted by Crippen LogP contribution is 2.47. The summed E-state index contributed by atoms with van der Waals surface area (Å²) in [6.07, 6.45) is 6.87. The summed E-state index contributed by atoms with van der Waals surface area (Å²) in [5, 5.41) is 11.1. The van der Waals surface area contributed by atoms with E-state index >= 15 is 0 Å². The lowest BCUT2D eigenvalue weighted by atomic mass is 9.73. The van der Waals surface area contributed by atoms with Crippen molar-refractivity contribution in [2.75, 3.05) is 6.61 Å². The van der Waals surface area contributed by atoms with Gasteiger partial charge in [-0.2, -0.15) is 0 Å². The molecule has 1 N–H and O–H groups in total. The van der Waals surface area contributed by atoms with E-state index in [0.29, 0.717) is 5.92 Å². The van der Waals surface area contributed by atoms with Gasteiger partial charge in [-0.1, -0.05) is 42.7 Å². The number of aryl methyl sites for hydroxylation is 1. The summed E-state index contributed by atoms with van der Waals surface area (Å²) >= 11 is 0. The van der Waals surface area contributed by atoms with Crippen LogP contribution in [0.4, 0.5) is 0 Å². The van der Waals surface area contributed by atoms with Gasteiger partial charge >= 0.3 is 0 Å². The van der Waals surface area contributed by atoms with Gasteiger partial charge in [0.25, 0.3) is 0 Å². The number of hydrogen-bond acceptors (Lipinski definition) is 2. The quantitative estimate of drug-likeness (QED) is 0.885. The first-order valence-corrected chi connectivity index (χ1v) is 7.95. The van der Waals surface area contributed by atoms with Crippen LogP contribution in [-0.2, 0) is 10.3 Å². The van der Waals surface area contributed by atoms with Gasteiger partial charge in [-0.25, -0.2) is 0 Å². The minimum absolute atomic E-state index is 0.0671. The van der Waals surface area contributed by atoms with Crippen LogP contribution in [-0.4, -0.2) is 17.3 Å². The molecular formula is C18H26O2. The molecule has 2 fully saturated rings. The Balaban J connectivity index is 1.81. The van der Waals surface area contributed by atoms with Crippen molar-refractivity contribution in [3.63, 3.8) is 0 Å². The van der Waals surface area contributed by atoms with Gasteiger partial charge < -0.3 is 9.84 Å². The zero-order valence-electron chi connectivity index (χ0n) is 12.7. The van der Waals surface area contributed by atoms with Gasteiger partial charge in [0.1, 0.15) is 0 Å². The maximum Gasteiger partial charge on any atom is 0.0898 e. The molecule has 1 aromatic carbocycles. The van der Waals surface area contributed by atoms with Crippen molar-refractivity contribution in [3.8, 4) is 0 Å². The fourth-order valence-electron chi connectivity index (χ4n) is 4.00.